The smallest absolute Gasteiger partial charge is 0.286 e. The first-order valence-electron chi connectivity index (χ1n) is 8.88. The van der Waals surface area contributed by atoms with Crippen LogP contribution in [0.25, 0.3) is 0 Å². The molecule has 0 spiro atoms. The third-order valence-corrected chi connectivity index (χ3v) is 4.74. The summed E-state index contributed by atoms with van der Waals surface area (Å²) in [5.41, 5.74) is 2.74. The second-order valence-electron chi connectivity index (χ2n) is 6.82. The van der Waals surface area contributed by atoms with Crippen LogP contribution in [0.1, 0.15) is 28.7 Å². The van der Waals surface area contributed by atoms with E-state index in [1.54, 1.807) is 18.5 Å². The molecule has 142 valence electrons. The Morgan fingerprint density at radius 3 is 2.71 bits per heavy atom. The third-order valence-electron chi connectivity index (χ3n) is 4.74. The van der Waals surface area contributed by atoms with E-state index < -0.39 is 17.2 Å². The predicted molar refractivity (Wildman–Crippen MR) is 100 cm³/mol. The molecular weight excluding hydrogens is 364 g/mol. The fourth-order valence-electron chi connectivity index (χ4n) is 3.36. The number of fused-ring (bicyclic) bond motifs is 1. The molecule has 0 bridgehead atoms. The summed E-state index contributed by atoms with van der Waals surface area (Å²) in [5.74, 6) is -1.31. The highest BCUT2D eigenvalue weighted by Gasteiger charge is 2.18. The van der Waals surface area contributed by atoms with Crippen LogP contribution in [0.3, 0.4) is 0 Å². The lowest BCUT2D eigenvalue weighted by molar-refractivity contribution is -0.116. The van der Waals surface area contributed by atoms with Crippen LogP contribution in [0.15, 0.2) is 53.7 Å². The largest absolute Gasteiger partial charge is 0.326 e. The van der Waals surface area contributed by atoms with Gasteiger partial charge in [-0.05, 0) is 46.9 Å². The lowest BCUT2D eigenvalue weighted by Gasteiger charge is -2.18. The van der Waals surface area contributed by atoms with Crippen LogP contribution in [0.5, 0.6) is 0 Å². The van der Waals surface area contributed by atoms with Gasteiger partial charge in [0.05, 0.1) is 6.54 Å². The standard InChI is InChI=1S/C21H17F2N3O2/c22-17-2-1-5-26(21(17)28)12-14-6-13(10-24-11-14)7-16-8-15-3-4-20(27)25-19(15)9-18(16)23/h1-2,5-6,8-11H,3-4,7,12H2,(H,25,27). The summed E-state index contributed by atoms with van der Waals surface area (Å²) in [4.78, 5) is 27.5. The summed E-state index contributed by atoms with van der Waals surface area (Å²) < 4.78 is 29.2. The van der Waals surface area contributed by atoms with E-state index >= 15 is 0 Å². The van der Waals surface area contributed by atoms with Crippen LogP contribution in [0, 0.1) is 11.6 Å². The van der Waals surface area contributed by atoms with Crippen LogP contribution in [0.2, 0.25) is 0 Å². The van der Waals surface area contributed by atoms with Gasteiger partial charge in [-0.1, -0.05) is 12.1 Å². The minimum Gasteiger partial charge on any atom is -0.326 e. The van der Waals surface area contributed by atoms with Gasteiger partial charge in [0.2, 0.25) is 5.91 Å². The fraction of sp³-hybridized carbons (Fsp3) is 0.190. The SMILES string of the molecule is O=C1CCc2cc(Cc3cncc(Cn4cccc(F)c4=O)c3)c(F)cc2N1. The van der Waals surface area contributed by atoms with E-state index in [4.69, 9.17) is 0 Å². The molecule has 1 aliphatic heterocycles. The van der Waals surface area contributed by atoms with Gasteiger partial charge in [-0.25, -0.2) is 8.78 Å². The topological polar surface area (TPSA) is 64.0 Å². The maximum absolute atomic E-state index is 14.5. The molecule has 1 aliphatic rings. The van der Waals surface area contributed by atoms with Gasteiger partial charge in [-0.3, -0.25) is 14.6 Å². The molecule has 0 saturated heterocycles. The van der Waals surface area contributed by atoms with Crippen LogP contribution >= 0.6 is 0 Å². The molecule has 0 atom stereocenters. The van der Waals surface area contributed by atoms with Crippen molar-refractivity contribution in [2.75, 3.05) is 5.32 Å². The van der Waals surface area contributed by atoms with Crippen LogP contribution in [-0.2, 0) is 24.2 Å². The van der Waals surface area contributed by atoms with Gasteiger partial charge in [0.15, 0.2) is 5.82 Å². The van der Waals surface area contributed by atoms with Crippen molar-refractivity contribution in [1.82, 2.24) is 9.55 Å². The van der Waals surface area contributed by atoms with Crippen molar-refractivity contribution in [2.24, 2.45) is 0 Å². The highest BCUT2D eigenvalue weighted by atomic mass is 19.1. The zero-order valence-electron chi connectivity index (χ0n) is 14.9. The van der Waals surface area contributed by atoms with E-state index in [0.717, 1.165) is 22.8 Å². The molecule has 3 heterocycles. The van der Waals surface area contributed by atoms with E-state index in [1.807, 2.05) is 6.07 Å². The Morgan fingerprint density at radius 1 is 1.04 bits per heavy atom. The molecule has 1 aromatic carbocycles. The van der Waals surface area contributed by atoms with Crippen molar-refractivity contribution < 1.29 is 13.6 Å². The summed E-state index contributed by atoms with van der Waals surface area (Å²) in [7, 11) is 0. The van der Waals surface area contributed by atoms with Crippen molar-refractivity contribution in [3.05, 3.63) is 93.2 Å². The Labute approximate surface area is 159 Å². The van der Waals surface area contributed by atoms with Crippen molar-refractivity contribution in [3.63, 3.8) is 0 Å². The zero-order chi connectivity index (χ0) is 19.7. The normalized spacial score (nSPS) is 13.1. The Kier molecular flexibility index (Phi) is 4.73. The van der Waals surface area contributed by atoms with E-state index in [-0.39, 0.29) is 12.5 Å². The minimum atomic E-state index is -0.810. The number of hydrogen-bond donors (Lipinski definition) is 1. The number of pyridine rings is 2. The molecule has 3 aromatic rings. The Bertz CT molecular complexity index is 1120. The molecule has 28 heavy (non-hydrogen) atoms. The van der Waals surface area contributed by atoms with Gasteiger partial charge < -0.3 is 9.88 Å². The van der Waals surface area contributed by atoms with Gasteiger partial charge in [0.25, 0.3) is 5.56 Å². The molecule has 2 aromatic heterocycles. The van der Waals surface area contributed by atoms with Crippen molar-refractivity contribution in [1.29, 1.82) is 0 Å². The number of nitrogens with one attached hydrogen (secondary N) is 1. The molecule has 0 unspecified atom stereocenters. The van der Waals surface area contributed by atoms with Crippen molar-refractivity contribution in [2.45, 2.75) is 25.8 Å². The Hall–Kier alpha value is -3.35. The Balaban J connectivity index is 1.58. The second kappa shape index (κ2) is 7.34. The van der Waals surface area contributed by atoms with Gasteiger partial charge in [0, 0.05) is 37.1 Å². The first kappa shape index (κ1) is 18.0. The summed E-state index contributed by atoms with van der Waals surface area (Å²) in [6, 6.07) is 7.54. The first-order valence-corrected chi connectivity index (χ1v) is 8.88. The number of hydrogen-bond acceptors (Lipinski definition) is 3. The quantitative estimate of drug-likeness (QED) is 0.756. The highest BCUT2D eigenvalue weighted by molar-refractivity contribution is 5.93. The van der Waals surface area contributed by atoms with E-state index in [0.29, 0.717) is 30.5 Å². The lowest BCUT2D eigenvalue weighted by Crippen LogP contribution is -2.22. The van der Waals surface area contributed by atoms with Crippen LogP contribution < -0.4 is 10.9 Å². The third kappa shape index (κ3) is 3.69. The number of anilines is 1. The number of halogens is 2. The number of carbonyl (C=O) groups is 1. The van der Waals surface area contributed by atoms with E-state index in [9.17, 15) is 18.4 Å². The van der Waals surface area contributed by atoms with Crippen LogP contribution in [-0.4, -0.2) is 15.5 Å². The number of amides is 1. The summed E-state index contributed by atoms with van der Waals surface area (Å²) in [6.45, 7) is 0.177. The number of benzene rings is 1. The van der Waals surface area contributed by atoms with Crippen molar-refractivity contribution >= 4 is 11.6 Å². The monoisotopic (exact) mass is 381 g/mol. The molecule has 0 aliphatic carbocycles. The molecule has 0 radical (unpaired) electrons. The van der Waals surface area contributed by atoms with Gasteiger partial charge in [-0.15, -0.1) is 0 Å². The second-order valence-corrected chi connectivity index (χ2v) is 6.82. The molecule has 0 fully saturated rings. The number of nitrogens with zero attached hydrogens (tertiary/aromatic N) is 2. The Morgan fingerprint density at radius 2 is 1.86 bits per heavy atom. The fourth-order valence-corrected chi connectivity index (χ4v) is 3.36. The maximum atomic E-state index is 14.5. The first-order chi connectivity index (χ1) is 13.5. The van der Waals surface area contributed by atoms with Crippen molar-refractivity contribution in [3.8, 4) is 0 Å². The summed E-state index contributed by atoms with van der Waals surface area (Å²) >= 11 is 0. The van der Waals surface area contributed by atoms with Crippen LogP contribution in [0.4, 0.5) is 14.5 Å². The van der Waals surface area contributed by atoms with Gasteiger partial charge in [0.1, 0.15) is 5.82 Å². The molecule has 1 N–H and O–H groups in total. The molecule has 7 heteroatoms. The summed E-state index contributed by atoms with van der Waals surface area (Å²) in [6.07, 6.45) is 6.03. The lowest BCUT2D eigenvalue weighted by atomic mass is 9.97. The number of rotatable bonds is 4. The number of carbonyl (C=O) groups excluding carboxylic acids is 1. The predicted octanol–water partition coefficient (Wildman–Crippen LogP) is 3.05. The molecule has 5 nitrogen and oxygen atoms in total. The van der Waals surface area contributed by atoms with E-state index in [2.05, 4.69) is 10.3 Å². The summed E-state index contributed by atoms with van der Waals surface area (Å²) in [5, 5.41) is 2.68. The van der Waals surface area contributed by atoms with Gasteiger partial charge >= 0.3 is 0 Å². The number of aryl methyl sites for hydroxylation is 1. The minimum absolute atomic E-state index is 0.107. The molecular formula is C21H17F2N3O2. The molecule has 1 amide bonds. The zero-order valence-corrected chi connectivity index (χ0v) is 14.9. The average Bonchev–Trinajstić information content (AvgIpc) is 2.67. The van der Waals surface area contributed by atoms with Gasteiger partial charge in [-0.2, -0.15) is 0 Å². The molecule has 4 rings (SSSR count). The number of aromatic nitrogens is 2. The highest BCUT2D eigenvalue weighted by Crippen LogP contribution is 2.27. The maximum Gasteiger partial charge on any atom is 0.286 e. The van der Waals surface area contributed by atoms with E-state index in [1.165, 1.54) is 22.9 Å². The molecule has 0 saturated carbocycles. The average molecular weight is 381 g/mol.